The molecule has 0 radical (unpaired) electrons. The molecule has 2 N–H and O–H groups in total. The van der Waals surface area contributed by atoms with Crippen LogP contribution in [0.5, 0.6) is 0 Å². The second-order valence-electron chi connectivity index (χ2n) is 6.93. The van der Waals surface area contributed by atoms with E-state index in [1.807, 2.05) is 29.8 Å². The molecule has 1 amide bonds. The predicted octanol–water partition coefficient (Wildman–Crippen LogP) is 1.16. The van der Waals surface area contributed by atoms with Crippen molar-refractivity contribution < 1.29 is 19.8 Å². The van der Waals surface area contributed by atoms with Gasteiger partial charge in [-0.15, -0.1) is 11.8 Å². The standard InChI is InChI=1S/C18H20N4O4S/c1-9-13-12(10(2)23)16(24)22(13)14(17(25)26)15(9)27-7-4-11-8-21-6-3-5-19-18(21)20-11/h3,5-6,8-10,12-13,23H,4,7H2,1-2H3,(H,25,26)/t9-,10-,12-,13-/m1/s1. The SMILES string of the molecule is C[C@@H](O)[C@H]1C(=O)N2C(C(=O)O)=C(SCCc3cn4cccnc4n3)[C@H](C)[C@H]12. The topological polar surface area (TPSA) is 108 Å². The lowest BCUT2D eigenvalue weighted by Gasteiger charge is -2.46. The number of nitrogens with zero attached hydrogens (tertiary/aromatic N) is 4. The number of hydrogen-bond donors (Lipinski definition) is 2. The summed E-state index contributed by atoms with van der Waals surface area (Å²) >= 11 is 1.45. The Labute approximate surface area is 159 Å². The molecule has 4 heterocycles. The van der Waals surface area contributed by atoms with Crippen LogP contribution in [0.2, 0.25) is 0 Å². The number of aliphatic hydroxyl groups is 1. The van der Waals surface area contributed by atoms with Crippen molar-refractivity contribution in [3.63, 3.8) is 0 Å². The largest absolute Gasteiger partial charge is 0.477 e. The third-order valence-electron chi connectivity index (χ3n) is 5.21. The zero-order valence-electron chi connectivity index (χ0n) is 14.9. The van der Waals surface area contributed by atoms with Crippen molar-refractivity contribution in [2.45, 2.75) is 32.4 Å². The first-order valence-electron chi connectivity index (χ1n) is 8.80. The summed E-state index contributed by atoms with van der Waals surface area (Å²) in [6.45, 7) is 3.50. The molecule has 0 aromatic carbocycles. The lowest BCUT2D eigenvalue weighted by atomic mass is 9.79. The highest BCUT2D eigenvalue weighted by molar-refractivity contribution is 8.03. The maximum atomic E-state index is 12.3. The third kappa shape index (κ3) is 2.81. The number of β-lactam (4-membered cyclic amide) rings is 1. The summed E-state index contributed by atoms with van der Waals surface area (Å²) in [5.41, 5.74) is 0.946. The van der Waals surface area contributed by atoms with Crippen molar-refractivity contribution in [3.8, 4) is 0 Å². The molecule has 1 saturated heterocycles. The van der Waals surface area contributed by atoms with Gasteiger partial charge in [0.25, 0.3) is 0 Å². The maximum Gasteiger partial charge on any atom is 0.353 e. The smallest absolute Gasteiger partial charge is 0.353 e. The number of carboxylic acids is 1. The number of rotatable bonds is 6. The van der Waals surface area contributed by atoms with Crippen molar-refractivity contribution in [2.75, 3.05) is 5.75 Å². The number of aliphatic carboxylic acids is 1. The summed E-state index contributed by atoms with van der Waals surface area (Å²) < 4.78 is 1.85. The minimum Gasteiger partial charge on any atom is -0.477 e. The first-order chi connectivity index (χ1) is 12.9. The predicted molar refractivity (Wildman–Crippen MR) is 98.8 cm³/mol. The number of aliphatic hydroxyl groups excluding tert-OH is 1. The fourth-order valence-corrected chi connectivity index (χ4v) is 5.24. The summed E-state index contributed by atoms with van der Waals surface area (Å²) in [6, 6.07) is 1.56. The number of aromatic nitrogens is 3. The minimum absolute atomic E-state index is 0.0658. The normalized spacial score (nSPS) is 25.7. The number of thioether (sulfide) groups is 1. The van der Waals surface area contributed by atoms with Gasteiger partial charge in [0.05, 0.1) is 23.8 Å². The Morgan fingerprint density at radius 3 is 2.89 bits per heavy atom. The van der Waals surface area contributed by atoms with Crippen LogP contribution in [0.25, 0.3) is 5.78 Å². The zero-order valence-corrected chi connectivity index (χ0v) is 15.8. The Balaban J connectivity index is 1.50. The molecule has 2 aliphatic heterocycles. The zero-order chi connectivity index (χ0) is 19.3. The van der Waals surface area contributed by atoms with Crippen molar-refractivity contribution in [1.82, 2.24) is 19.3 Å². The molecule has 4 atom stereocenters. The van der Waals surface area contributed by atoms with E-state index < -0.39 is 18.0 Å². The number of carbonyl (C=O) groups excluding carboxylic acids is 1. The molecule has 0 unspecified atom stereocenters. The molecular weight excluding hydrogens is 368 g/mol. The first kappa shape index (κ1) is 18.0. The molecule has 1 fully saturated rings. The van der Waals surface area contributed by atoms with Crippen LogP contribution in [0.4, 0.5) is 0 Å². The monoisotopic (exact) mass is 388 g/mol. The van der Waals surface area contributed by atoms with E-state index in [4.69, 9.17) is 0 Å². The Kier molecular flexibility index (Phi) is 4.43. The highest BCUT2D eigenvalue weighted by Crippen LogP contribution is 2.50. The molecule has 27 heavy (non-hydrogen) atoms. The maximum absolute atomic E-state index is 12.3. The fraction of sp³-hybridized carbons (Fsp3) is 0.444. The molecule has 2 aromatic heterocycles. The highest BCUT2D eigenvalue weighted by Gasteiger charge is 2.59. The van der Waals surface area contributed by atoms with E-state index in [9.17, 15) is 19.8 Å². The molecule has 0 spiro atoms. The Hall–Kier alpha value is -2.39. The van der Waals surface area contributed by atoms with Gasteiger partial charge >= 0.3 is 5.97 Å². The van der Waals surface area contributed by atoms with Gasteiger partial charge in [0.2, 0.25) is 11.7 Å². The van der Waals surface area contributed by atoms with Crippen molar-refractivity contribution in [2.24, 2.45) is 11.8 Å². The van der Waals surface area contributed by atoms with Gasteiger partial charge < -0.3 is 15.1 Å². The van der Waals surface area contributed by atoms with Crippen LogP contribution < -0.4 is 0 Å². The molecule has 2 aromatic rings. The molecule has 142 valence electrons. The number of imidazole rings is 1. The lowest BCUT2D eigenvalue weighted by Crippen LogP contribution is -2.63. The van der Waals surface area contributed by atoms with Gasteiger partial charge in [-0.05, 0) is 13.0 Å². The number of carboxylic acid groups (broad SMARTS) is 1. The molecule has 0 saturated carbocycles. The summed E-state index contributed by atoms with van der Waals surface area (Å²) in [5.74, 6) is -0.763. The van der Waals surface area contributed by atoms with Crippen LogP contribution >= 0.6 is 11.8 Å². The van der Waals surface area contributed by atoms with Crippen LogP contribution in [0.15, 0.2) is 35.3 Å². The van der Waals surface area contributed by atoms with Gasteiger partial charge in [-0.3, -0.25) is 9.20 Å². The van der Waals surface area contributed by atoms with Crippen molar-refractivity contribution >= 4 is 29.4 Å². The second-order valence-corrected chi connectivity index (χ2v) is 8.07. The Morgan fingerprint density at radius 1 is 1.44 bits per heavy atom. The van der Waals surface area contributed by atoms with Crippen LogP contribution in [0, 0.1) is 11.8 Å². The second kappa shape index (κ2) is 6.65. The Bertz CT molecular complexity index is 921. The number of aryl methyl sites for hydroxylation is 1. The summed E-state index contributed by atoms with van der Waals surface area (Å²) in [5, 5.41) is 19.5. The lowest BCUT2D eigenvalue weighted by molar-refractivity contribution is -0.163. The summed E-state index contributed by atoms with van der Waals surface area (Å²) in [6.07, 6.45) is 5.35. The van der Waals surface area contributed by atoms with E-state index in [0.717, 1.165) is 5.69 Å². The average molecular weight is 388 g/mol. The average Bonchev–Trinajstić information content (AvgIpc) is 3.12. The van der Waals surface area contributed by atoms with Crippen LogP contribution in [-0.4, -0.2) is 59.3 Å². The van der Waals surface area contributed by atoms with Gasteiger partial charge in [0, 0.05) is 41.6 Å². The van der Waals surface area contributed by atoms with Crippen molar-refractivity contribution in [3.05, 3.63) is 41.0 Å². The number of carbonyl (C=O) groups is 2. The van der Waals surface area contributed by atoms with Crippen molar-refractivity contribution in [1.29, 1.82) is 0 Å². The third-order valence-corrected chi connectivity index (χ3v) is 6.50. The molecule has 0 bridgehead atoms. The van der Waals surface area contributed by atoms with E-state index in [2.05, 4.69) is 9.97 Å². The molecular formula is C18H20N4O4S. The Morgan fingerprint density at radius 2 is 2.22 bits per heavy atom. The van der Waals surface area contributed by atoms with Crippen LogP contribution in [-0.2, 0) is 16.0 Å². The molecule has 0 aliphatic carbocycles. The van der Waals surface area contributed by atoms with Gasteiger partial charge in [-0.1, -0.05) is 6.92 Å². The quantitative estimate of drug-likeness (QED) is 0.715. The van der Waals surface area contributed by atoms with Gasteiger partial charge in [0.1, 0.15) is 5.70 Å². The summed E-state index contributed by atoms with van der Waals surface area (Å²) in [4.78, 5) is 34.8. The van der Waals surface area contributed by atoms with Gasteiger partial charge in [-0.2, -0.15) is 0 Å². The minimum atomic E-state index is -1.10. The van der Waals surface area contributed by atoms with Crippen LogP contribution in [0.3, 0.4) is 0 Å². The molecule has 9 heteroatoms. The molecule has 8 nitrogen and oxygen atoms in total. The van der Waals surface area contributed by atoms with Crippen LogP contribution in [0.1, 0.15) is 19.5 Å². The van der Waals surface area contributed by atoms with Gasteiger partial charge in [0.15, 0.2) is 0 Å². The highest BCUT2D eigenvalue weighted by atomic mass is 32.2. The number of amides is 1. The van der Waals surface area contributed by atoms with E-state index in [1.54, 1.807) is 13.1 Å². The van der Waals surface area contributed by atoms with E-state index >= 15 is 0 Å². The van der Waals surface area contributed by atoms with Gasteiger partial charge in [-0.25, -0.2) is 14.8 Å². The molecule has 2 aliphatic rings. The number of fused-ring (bicyclic) bond motifs is 2. The molecule has 4 rings (SSSR count). The summed E-state index contributed by atoms with van der Waals surface area (Å²) in [7, 11) is 0. The number of hydrogen-bond acceptors (Lipinski definition) is 6. The first-order valence-corrected chi connectivity index (χ1v) is 9.78. The van der Waals surface area contributed by atoms with E-state index in [-0.39, 0.29) is 23.6 Å². The van der Waals surface area contributed by atoms with E-state index in [0.29, 0.717) is 22.9 Å². The fourth-order valence-electron chi connectivity index (χ4n) is 3.98. The van der Waals surface area contributed by atoms with E-state index in [1.165, 1.54) is 16.7 Å².